The van der Waals surface area contributed by atoms with Crippen LogP contribution in [0.4, 0.5) is 0 Å². The van der Waals surface area contributed by atoms with E-state index in [-0.39, 0.29) is 5.60 Å². The molecule has 1 spiro atoms. The van der Waals surface area contributed by atoms with Crippen molar-refractivity contribution >= 4 is 0 Å². The number of hydrogen-bond donors (Lipinski definition) is 0. The van der Waals surface area contributed by atoms with Gasteiger partial charge in [0, 0.05) is 6.61 Å². The predicted octanol–water partition coefficient (Wildman–Crippen LogP) is 3.06. The highest BCUT2D eigenvalue weighted by Crippen LogP contribution is 2.36. The first kappa shape index (κ1) is 8.31. The summed E-state index contributed by atoms with van der Waals surface area (Å²) in [5.41, 5.74) is 1.70. The summed E-state index contributed by atoms with van der Waals surface area (Å²) in [6, 6.07) is 0. The van der Waals surface area contributed by atoms with Crippen LogP contribution in [-0.4, -0.2) is 12.2 Å². The molecule has 1 atom stereocenters. The first-order chi connectivity index (χ1) is 5.81. The quantitative estimate of drug-likeness (QED) is 0.502. The lowest BCUT2D eigenvalue weighted by molar-refractivity contribution is -0.0527. The molecule has 0 aromatic heterocycles. The van der Waals surface area contributed by atoms with Gasteiger partial charge in [0.05, 0.1) is 5.60 Å². The van der Waals surface area contributed by atoms with Crippen LogP contribution in [0.5, 0.6) is 0 Å². The van der Waals surface area contributed by atoms with Crippen LogP contribution in [0.3, 0.4) is 0 Å². The lowest BCUT2D eigenvalue weighted by Gasteiger charge is -2.38. The van der Waals surface area contributed by atoms with E-state index in [0.29, 0.717) is 0 Å². The summed E-state index contributed by atoms with van der Waals surface area (Å²) < 4.78 is 5.90. The van der Waals surface area contributed by atoms with Crippen LogP contribution in [0.1, 0.15) is 45.4 Å². The molecule has 68 valence electrons. The Morgan fingerprint density at radius 2 is 2.08 bits per heavy atom. The van der Waals surface area contributed by atoms with E-state index < -0.39 is 0 Å². The number of ether oxygens (including phenoxy) is 1. The van der Waals surface area contributed by atoms with Gasteiger partial charge in [0.1, 0.15) is 0 Å². The minimum absolute atomic E-state index is 0.167. The summed E-state index contributed by atoms with van der Waals surface area (Å²) in [5.74, 6) is 0. The zero-order chi connectivity index (χ0) is 8.44. The highest BCUT2D eigenvalue weighted by Gasteiger charge is 2.32. The first-order valence-corrected chi connectivity index (χ1v) is 5.13. The lowest BCUT2D eigenvalue weighted by Crippen LogP contribution is -2.36. The van der Waals surface area contributed by atoms with Gasteiger partial charge in [-0.25, -0.2) is 0 Å². The fraction of sp³-hybridized carbons (Fsp3) is 0.818. The molecular formula is C11H18O. The van der Waals surface area contributed by atoms with Crippen LogP contribution < -0.4 is 0 Å². The van der Waals surface area contributed by atoms with Crippen molar-refractivity contribution in [1.82, 2.24) is 0 Å². The third-order valence-corrected chi connectivity index (χ3v) is 3.06. The van der Waals surface area contributed by atoms with Gasteiger partial charge in [0.25, 0.3) is 0 Å². The molecule has 1 aliphatic carbocycles. The van der Waals surface area contributed by atoms with Crippen molar-refractivity contribution in [2.24, 2.45) is 0 Å². The van der Waals surface area contributed by atoms with E-state index in [1.54, 1.807) is 0 Å². The average Bonchev–Trinajstić information content (AvgIpc) is 2.05. The molecule has 2 rings (SSSR count). The van der Waals surface area contributed by atoms with Gasteiger partial charge in [-0.1, -0.05) is 11.6 Å². The van der Waals surface area contributed by atoms with Crippen molar-refractivity contribution < 1.29 is 4.74 Å². The molecule has 12 heavy (non-hydrogen) atoms. The van der Waals surface area contributed by atoms with E-state index >= 15 is 0 Å². The van der Waals surface area contributed by atoms with Gasteiger partial charge in [0.15, 0.2) is 0 Å². The molecule has 0 N–H and O–H groups in total. The minimum Gasteiger partial charge on any atom is -0.371 e. The van der Waals surface area contributed by atoms with Crippen molar-refractivity contribution in [2.45, 2.75) is 51.0 Å². The molecule has 1 fully saturated rings. The molecule has 0 radical (unpaired) electrons. The predicted molar refractivity (Wildman–Crippen MR) is 50.1 cm³/mol. The van der Waals surface area contributed by atoms with Crippen molar-refractivity contribution in [1.29, 1.82) is 0 Å². The molecule has 1 unspecified atom stereocenters. The second-order valence-corrected chi connectivity index (χ2v) is 4.21. The molecule has 1 heterocycles. The molecule has 0 aromatic rings. The number of allylic oxidation sites excluding steroid dienone is 1. The van der Waals surface area contributed by atoms with Crippen molar-refractivity contribution in [3.63, 3.8) is 0 Å². The zero-order valence-corrected chi connectivity index (χ0v) is 7.94. The summed E-state index contributed by atoms with van der Waals surface area (Å²) in [6.45, 7) is 3.21. The fourth-order valence-corrected chi connectivity index (χ4v) is 2.44. The third-order valence-electron chi connectivity index (χ3n) is 3.06. The Bertz CT molecular complexity index is 187. The summed E-state index contributed by atoms with van der Waals surface area (Å²) in [5, 5.41) is 0. The number of hydrogen-bond acceptors (Lipinski definition) is 1. The zero-order valence-electron chi connectivity index (χ0n) is 7.94. The SMILES string of the molecule is CC1=CC2(CCCCO2)CCC1. The van der Waals surface area contributed by atoms with Gasteiger partial charge in [-0.05, 0) is 45.4 Å². The van der Waals surface area contributed by atoms with E-state index in [4.69, 9.17) is 4.74 Å². The Kier molecular flexibility index (Phi) is 2.22. The van der Waals surface area contributed by atoms with Crippen LogP contribution in [0.25, 0.3) is 0 Å². The van der Waals surface area contributed by atoms with E-state index in [9.17, 15) is 0 Å². The normalized spacial score (nSPS) is 36.6. The monoisotopic (exact) mass is 166 g/mol. The molecule has 0 aromatic carbocycles. The van der Waals surface area contributed by atoms with Gasteiger partial charge in [-0.3, -0.25) is 0 Å². The fourth-order valence-electron chi connectivity index (χ4n) is 2.44. The summed E-state index contributed by atoms with van der Waals surface area (Å²) in [7, 11) is 0. The Morgan fingerprint density at radius 1 is 1.25 bits per heavy atom. The van der Waals surface area contributed by atoms with Crippen LogP contribution >= 0.6 is 0 Å². The lowest BCUT2D eigenvalue weighted by atomic mass is 9.82. The molecule has 0 amide bonds. The molecule has 1 nitrogen and oxygen atoms in total. The van der Waals surface area contributed by atoms with Crippen molar-refractivity contribution in [3.8, 4) is 0 Å². The van der Waals surface area contributed by atoms with Gasteiger partial charge in [0.2, 0.25) is 0 Å². The van der Waals surface area contributed by atoms with Crippen LogP contribution in [-0.2, 0) is 4.74 Å². The van der Waals surface area contributed by atoms with E-state index in [1.807, 2.05) is 0 Å². The van der Waals surface area contributed by atoms with Gasteiger partial charge >= 0.3 is 0 Å². The topological polar surface area (TPSA) is 9.23 Å². The first-order valence-electron chi connectivity index (χ1n) is 5.13. The third kappa shape index (κ3) is 1.56. The van der Waals surface area contributed by atoms with Crippen LogP contribution in [0.2, 0.25) is 0 Å². The van der Waals surface area contributed by atoms with Gasteiger partial charge < -0.3 is 4.74 Å². The molecule has 1 heteroatoms. The van der Waals surface area contributed by atoms with Gasteiger partial charge in [-0.15, -0.1) is 0 Å². The van der Waals surface area contributed by atoms with E-state index in [2.05, 4.69) is 13.0 Å². The maximum Gasteiger partial charge on any atom is 0.0865 e. The van der Waals surface area contributed by atoms with Crippen molar-refractivity contribution in [3.05, 3.63) is 11.6 Å². The second kappa shape index (κ2) is 3.21. The molecule has 1 saturated heterocycles. The standard InChI is InChI=1S/C11H18O/c1-10-5-4-7-11(9-10)6-2-3-8-12-11/h9H,2-8H2,1H3. The molecule has 0 saturated carbocycles. The average molecular weight is 166 g/mol. The minimum atomic E-state index is 0.167. The van der Waals surface area contributed by atoms with Crippen molar-refractivity contribution in [2.75, 3.05) is 6.61 Å². The molecule has 0 bridgehead atoms. The summed E-state index contributed by atoms with van der Waals surface area (Å²) >= 11 is 0. The molecule has 2 aliphatic rings. The Balaban J connectivity index is 2.12. The summed E-state index contributed by atoms with van der Waals surface area (Å²) in [6.07, 6.45) is 10.1. The second-order valence-electron chi connectivity index (χ2n) is 4.21. The summed E-state index contributed by atoms with van der Waals surface area (Å²) in [4.78, 5) is 0. The van der Waals surface area contributed by atoms with Crippen LogP contribution in [0.15, 0.2) is 11.6 Å². The Hall–Kier alpha value is -0.300. The van der Waals surface area contributed by atoms with Gasteiger partial charge in [-0.2, -0.15) is 0 Å². The number of rotatable bonds is 0. The smallest absolute Gasteiger partial charge is 0.0865 e. The highest BCUT2D eigenvalue weighted by atomic mass is 16.5. The Labute approximate surface area is 74.8 Å². The van der Waals surface area contributed by atoms with E-state index in [0.717, 1.165) is 6.61 Å². The maximum atomic E-state index is 5.90. The Morgan fingerprint density at radius 3 is 2.75 bits per heavy atom. The molecule has 1 aliphatic heterocycles. The van der Waals surface area contributed by atoms with E-state index in [1.165, 1.54) is 44.1 Å². The maximum absolute atomic E-state index is 5.90. The highest BCUT2D eigenvalue weighted by molar-refractivity contribution is 5.14. The largest absolute Gasteiger partial charge is 0.371 e. The van der Waals surface area contributed by atoms with Crippen LogP contribution in [0, 0.1) is 0 Å². The molecular weight excluding hydrogens is 148 g/mol.